The van der Waals surface area contributed by atoms with Gasteiger partial charge in [-0.3, -0.25) is 4.79 Å². The van der Waals surface area contributed by atoms with Crippen LogP contribution in [0.15, 0.2) is 30.5 Å². The van der Waals surface area contributed by atoms with E-state index in [2.05, 4.69) is 4.98 Å². The number of aliphatic carboxylic acids is 1. The van der Waals surface area contributed by atoms with Gasteiger partial charge in [0.25, 0.3) is 5.91 Å². The topological polar surface area (TPSA) is 82.6 Å². The van der Waals surface area contributed by atoms with Crippen molar-refractivity contribution in [2.45, 2.75) is 6.04 Å². The maximum Gasteiger partial charge on any atom is 0.328 e. The number of ether oxygens (including phenoxy) is 1. The van der Waals surface area contributed by atoms with Crippen LogP contribution in [0, 0.1) is 0 Å². The molecule has 0 spiro atoms. The number of fused-ring (bicyclic) bond motifs is 1. The van der Waals surface area contributed by atoms with Gasteiger partial charge < -0.3 is 19.7 Å². The lowest BCUT2D eigenvalue weighted by molar-refractivity contribution is -0.147. The molecule has 0 radical (unpaired) electrons. The second-order valence-electron chi connectivity index (χ2n) is 4.71. The molecule has 1 aliphatic rings. The molecule has 1 aromatic carbocycles. The highest BCUT2D eigenvalue weighted by Crippen LogP contribution is 2.18. The van der Waals surface area contributed by atoms with Crippen LogP contribution >= 0.6 is 0 Å². The lowest BCUT2D eigenvalue weighted by Crippen LogP contribution is -2.52. The molecule has 2 heterocycles. The first-order valence-corrected chi connectivity index (χ1v) is 6.35. The first-order valence-electron chi connectivity index (χ1n) is 6.35. The number of morpholine rings is 1. The van der Waals surface area contributed by atoms with Crippen LogP contribution in [0.3, 0.4) is 0 Å². The second-order valence-corrected chi connectivity index (χ2v) is 4.71. The number of hydrogen-bond acceptors (Lipinski definition) is 3. The van der Waals surface area contributed by atoms with Gasteiger partial charge in [-0.05, 0) is 23.6 Å². The number of amides is 1. The minimum atomic E-state index is -1.04. The molecule has 20 heavy (non-hydrogen) atoms. The van der Waals surface area contributed by atoms with Crippen molar-refractivity contribution in [1.29, 1.82) is 0 Å². The number of carboxylic acid groups (broad SMARTS) is 1. The number of nitrogens with one attached hydrogen (secondary N) is 1. The predicted octanol–water partition coefficient (Wildman–Crippen LogP) is 1.09. The Bertz CT molecular complexity index is 664. The van der Waals surface area contributed by atoms with Crippen LogP contribution in [0.2, 0.25) is 0 Å². The Kier molecular flexibility index (Phi) is 3.15. The Balaban J connectivity index is 1.91. The van der Waals surface area contributed by atoms with Crippen LogP contribution in [0.25, 0.3) is 10.9 Å². The van der Waals surface area contributed by atoms with Gasteiger partial charge >= 0.3 is 5.97 Å². The summed E-state index contributed by atoms with van der Waals surface area (Å²) in [7, 11) is 0. The van der Waals surface area contributed by atoms with Crippen molar-refractivity contribution < 1.29 is 19.4 Å². The zero-order valence-electron chi connectivity index (χ0n) is 10.7. The number of hydrogen-bond donors (Lipinski definition) is 2. The summed E-state index contributed by atoms with van der Waals surface area (Å²) in [4.78, 5) is 28.1. The number of aromatic amines is 1. The molecule has 104 valence electrons. The Morgan fingerprint density at radius 1 is 1.35 bits per heavy atom. The van der Waals surface area contributed by atoms with E-state index in [1.165, 1.54) is 4.90 Å². The maximum absolute atomic E-state index is 12.5. The molecule has 1 aliphatic heterocycles. The van der Waals surface area contributed by atoms with E-state index in [0.717, 1.165) is 10.9 Å². The fourth-order valence-corrected chi connectivity index (χ4v) is 2.40. The number of benzene rings is 1. The summed E-state index contributed by atoms with van der Waals surface area (Å²) in [5, 5.41) is 10.2. The van der Waals surface area contributed by atoms with E-state index in [0.29, 0.717) is 18.7 Å². The highest BCUT2D eigenvalue weighted by atomic mass is 16.5. The molecule has 6 nitrogen and oxygen atoms in total. The van der Waals surface area contributed by atoms with Gasteiger partial charge in [-0.2, -0.15) is 0 Å². The summed E-state index contributed by atoms with van der Waals surface area (Å²) < 4.78 is 5.14. The number of nitrogens with zero attached hydrogens (tertiary/aromatic N) is 1. The second kappa shape index (κ2) is 4.97. The third kappa shape index (κ3) is 2.14. The molecule has 0 bridgehead atoms. The lowest BCUT2D eigenvalue weighted by atomic mass is 10.1. The van der Waals surface area contributed by atoms with E-state index < -0.39 is 12.0 Å². The Morgan fingerprint density at radius 3 is 3.00 bits per heavy atom. The third-order valence-electron chi connectivity index (χ3n) is 3.48. The van der Waals surface area contributed by atoms with Crippen LogP contribution < -0.4 is 0 Å². The van der Waals surface area contributed by atoms with E-state index in [1.807, 2.05) is 12.1 Å². The fourth-order valence-electron chi connectivity index (χ4n) is 2.40. The van der Waals surface area contributed by atoms with Crippen LogP contribution in [0.4, 0.5) is 0 Å². The Labute approximate surface area is 114 Å². The standard InChI is InChI=1S/C14H14N2O4/c17-13(16-5-6-20-8-12(16)14(18)19)10-2-1-9-3-4-15-11(9)7-10/h1-4,7,12,15H,5-6,8H2,(H,18,19)/t12-/m1/s1. The van der Waals surface area contributed by atoms with Crippen LogP contribution in [0.5, 0.6) is 0 Å². The molecule has 6 heteroatoms. The smallest absolute Gasteiger partial charge is 0.328 e. The van der Waals surface area contributed by atoms with E-state index in [4.69, 9.17) is 9.84 Å². The zero-order chi connectivity index (χ0) is 14.1. The Morgan fingerprint density at radius 2 is 2.20 bits per heavy atom. The first kappa shape index (κ1) is 12.7. The fraction of sp³-hybridized carbons (Fsp3) is 0.286. The van der Waals surface area contributed by atoms with Gasteiger partial charge in [0.15, 0.2) is 6.04 Å². The van der Waals surface area contributed by atoms with Crippen LogP contribution in [-0.2, 0) is 9.53 Å². The molecule has 1 fully saturated rings. The molecule has 3 rings (SSSR count). The number of rotatable bonds is 2. The van der Waals surface area contributed by atoms with Crippen molar-refractivity contribution >= 4 is 22.8 Å². The third-order valence-corrected chi connectivity index (χ3v) is 3.48. The lowest BCUT2D eigenvalue weighted by Gasteiger charge is -2.32. The van der Waals surface area contributed by atoms with Crippen molar-refractivity contribution in [1.82, 2.24) is 9.88 Å². The van der Waals surface area contributed by atoms with Gasteiger partial charge in [-0.15, -0.1) is 0 Å². The normalized spacial score (nSPS) is 19.2. The van der Waals surface area contributed by atoms with Crippen molar-refractivity contribution in [2.75, 3.05) is 19.8 Å². The highest BCUT2D eigenvalue weighted by molar-refractivity contribution is 5.99. The zero-order valence-corrected chi connectivity index (χ0v) is 10.7. The number of aromatic nitrogens is 1. The summed E-state index contributed by atoms with van der Waals surface area (Å²) in [6, 6.07) is 6.29. The van der Waals surface area contributed by atoms with E-state index in [9.17, 15) is 9.59 Å². The SMILES string of the molecule is O=C(O)[C@H]1COCCN1C(=O)c1ccc2cc[nH]c2c1. The molecule has 0 aliphatic carbocycles. The number of carbonyl (C=O) groups is 2. The summed E-state index contributed by atoms with van der Waals surface area (Å²) in [5.41, 5.74) is 1.34. The Hall–Kier alpha value is -2.34. The molecular weight excluding hydrogens is 260 g/mol. The van der Waals surface area contributed by atoms with Gasteiger partial charge in [0.05, 0.1) is 13.2 Å². The monoisotopic (exact) mass is 274 g/mol. The van der Waals surface area contributed by atoms with Gasteiger partial charge in [0, 0.05) is 23.8 Å². The molecule has 0 saturated carbocycles. The molecule has 2 aromatic rings. The van der Waals surface area contributed by atoms with Crippen molar-refractivity contribution in [2.24, 2.45) is 0 Å². The first-order chi connectivity index (χ1) is 9.66. The molecule has 1 saturated heterocycles. The molecular formula is C14H14N2O4. The largest absolute Gasteiger partial charge is 0.480 e. The van der Waals surface area contributed by atoms with Crippen molar-refractivity contribution in [3.05, 3.63) is 36.0 Å². The maximum atomic E-state index is 12.5. The molecule has 1 amide bonds. The minimum absolute atomic E-state index is 0.0336. The average molecular weight is 274 g/mol. The average Bonchev–Trinajstić information content (AvgIpc) is 2.93. The molecule has 1 aromatic heterocycles. The van der Waals surface area contributed by atoms with E-state index in [1.54, 1.807) is 18.3 Å². The number of carboxylic acids is 1. The van der Waals surface area contributed by atoms with E-state index in [-0.39, 0.29) is 12.5 Å². The summed E-state index contributed by atoms with van der Waals surface area (Å²) in [6.07, 6.45) is 1.80. The quantitative estimate of drug-likeness (QED) is 0.859. The van der Waals surface area contributed by atoms with Gasteiger partial charge in [-0.1, -0.05) is 6.07 Å². The summed E-state index contributed by atoms with van der Waals surface area (Å²) >= 11 is 0. The van der Waals surface area contributed by atoms with Crippen LogP contribution in [0.1, 0.15) is 10.4 Å². The highest BCUT2D eigenvalue weighted by Gasteiger charge is 2.33. The van der Waals surface area contributed by atoms with Gasteiger partial charge in [0.2, 0.25) is 0 Å². The van der Waals surface area contributed by atoms with Crippen molar-refractivity contribution in [3.8, 4) is 0 Å². The van der Waals surface area contributed by atoms with Crippen molar-refractivity contribution in [3.63, 3.8) is 0 Å². The number of H-pyrrole nitrogens is 1. The summed E-state index contributed by atoms with van der Waals surface area (Å²) in [5.74, 6) is -1.32. The van der Waals surface area contributed by atoms with E-state index >= 15 is 0 Å². The summed E-state index contributed by atoms with van der Waals surface area (Å²) in [6.45, 7) is 0.685. The predicted molar refractivity (Wildman–Crippen MR) is 71.6 cm³/mol. The molecule has 1 atom stereocenters. The van der Waals surface area contributed by atoms with Gasteiger partial charge in [0.1, 0.15) is 0 Å². The van der Waals surface area contributed by atoms with Gasteiger partial charge in [-0.25, -0.2) is 4.79 Å². The minimum Gasteiger partial charge on any atom is -0.480 e. The van der Waals surface area contributed by atoms with Crippen LogP contribution in [-0.4, -0.2) is 52.7 Å². The number of carbonyl (C=O) groups excluding carboxylic acids is 1. The molecule has 0 unspecified atom stereocenters. The molecule has 2 N–H and O–H groups in total.